The Labute approximate surface area is 70.1 Å². The summed E-state index contributed by atoms with van der Waals surface area (Å²) in [7, 11) is 0. The molecule has 0 amide bonds. The molecule has 2 heterocycles. The van der Waals surface area contributed by atoms with Crippen molar-refractivity contribution >= 4 is 37.5 Å². The van der Waals surface area contributed by atoms with E-state index in [9.17, 15) is 0 Å². The predicted molar refractivity (Wildman–Crippen MR) is 45.1 cm³/mol. The number of hydrogen-bond donors (Lipinski definition) is 0. The van der Waals surface area contributed by atoms with Crippen molar-refractivity contribution in [2.24, 2.45) is 0 Å². The molecule has 0 bridgehead atoms. The van der Waals surface area contributed by atoms with Gasteiger partial charge in [-0.3, -0.25) is 0 Å². The average Bonchev–Trinajstić information content (AvgIpc) is 2.36. The summed E-state index contributed by atoms with van der Waals surface area (Å²) in [6.45, 7) is 0. The van der Waals surface area contributed by atoms with E-state index in [1.165, 1.54) is 4.70 Å². The van der Waals surface area contributed by atoms with E-state index in [0.717, 1.165) is 10.1 Å². The first-order valence-electron chi connectivity index (χ1n) is 2.71. The highest BCUT2D eigenvalue weighted by Gasteiger charge is 1.99. The lowest BCUT2D eigenvalue weighted by atomic mass is 10.5. The molecule has 2 rings (SSSR count). The summed E-state index contributed by atoms with van der Waals surface area (Å²) in [5.74, 6) is 0. The molecule has 0 spiro atoms. The van der Waals surface area contributed by atoms with Crippen molar-refractivity contribution in [3.05, 3.63) is 22.4 Å². The lowest BCUT2D eigenvalue weighted by molar-refractivity contribution is 1.29. The maximum atomic E-state index is 4.13. The average molecular weight is 215 g/mol. The minimum absolute atomic E-state index is 0.825. The minimum atomic E-state index is 0.825. The van der Waals surface area contributed by atoms with Gasteiger partial charge in [-0.15, -0.1) is 11.3 Å². The summed E-state index contributed by atoms with van der Waals surface area (Å²) in [5, 5.41) is 0. The van der Waals surface area contributed by atoms with Gasteiger partial charge in [0.15, 0.2) is 0 Å². The van der Waals surface area contributed by atoms with Crippen LogP contribution in [-0.4, -0.2) is 9.97 Å². The number of thiazole rings is 1. The number of pyridine rings is 1. The van der Waals surface area contributed by atoms with Gasteiger partial charge in [-0.25, -0.2) is 9.97 Å². The van der Waals surface area contributed by atoms with Crippen LogP contribution in [0.3, 0.4) is 0 Å². The fourth-order valence-corrected chi connectivity index (χ4v) is 2.00. The number of hydrogen-bond acceptors (Lipinski definition) is 3. The maximum absolute atomic E-state index is 4.13. The Balaban J connectivity index is 2.95. The molecule has 50 valence electrons. The van der Waals surface area contributed by atoms with E-state index in [4.69, 9.17) is 0 Å². The Morgan fingerprint density at radius 1 is 1.40 bits per heavy atom. The van der Waals surface area contributed by atoms with Crippen molar-refractivity contribution < 1.29 is 0 Å². The Hall–Kier alpha value is -0.480. The monoisotopic (exact) mass is 214 g/mol. The molecule has 0 aliphatic heterocycles. The van der Waals surface area contributed by atoms with Gasteiger partial charge in [0.1, 0.15) is 10.1 Å². The van der Waals surface area contributed by atoms with Crippen LogP contribution in [0.1, 0.15) is 0 Å². The number of aromatic nitrogens is 2. The lowest BCUT2D eigenvalue weighted by Crippen LogP contribution is -1.74. The van der Waals surface area contributed by atoms with Gasteiger partial charge in [0.2, 0.25) is 0 Å². The van der Waals surface area contributed by atoms with Crippen molar-refractivity contribution in [3.8, 4) is 0 Å². The molecule has 2 aromatic heterocycles. The molecule has 0 N–H and O–H groups in total. The first-order chi connectivity index (χ1) is 4.88. The molecule has 0 saturated carbocycles. The van der Waals surface area contributed by atoms with Crippen LogP contribution >= 0.6 is 27.3 Å². The molecule has 10 heavy (non-hydrogen) atoms. The van der Waals surface area contributed by atoms with Crippen molar-refractivity contribution in [2.75, 3.05) is 0 Å². The Kier molecular flexibility index (Phi) is 1.43. The second-order valence-corrected chi connectivity index (χ2v) is 3.44. The van der Waals surface area contributed by atoms with Crippen molar-refractivity contribution in [3.63, 3.8) is 0 Å². The van der Waals surface area contributed by atoms with Gasteiger partial charge in [-0.05, 0) is 22.0 Å². The fourth-order valence-electron chi connectivity index (χ4n) is 0.760. The van der Waals surface area contributed by atoms with Gasteiger partial charge < -0.3 is 0 Å². The molecule has 0 radical (unpaired) electrons. The molecule has 0 unspecified atom stereocenters. The predicted octanol–water partition coefficient (Wildman–Crippen LogP) is 2.45. The van der Waals surface area contributed by atoms with E-state index in [1.807, 2.05) is 11.6 Å². The summed E-state index contributed by atoms with van der Waals surface area (Å²) in [4.78, 5) is 8.17. The summed E-state index contributed by atoms with van der Waals surface area (Å²) in [6.07, 6.45) is 1.77. The van der Waals surface area contributed by atoms with Crippen LogP contribution < -0.4 is 0 Å². The molecule has 0 saturated heterocycles. The van der Waals surface area contributed by atoms with Crippen LogP contribution in [-0.2, 0) is 0 Å². The van der Waals surface area contributed by atoms with Crippen LogP contribution in [0, 0.1) is 0 Å². The Morgan fingerprint density at radius 2 is 2.30 bits per heavy atom. The number of nitrogens with zero attached hydrogens (tertiary/aromatic N) is 2. The Morgan fingerprint density at radius 3 is 3.10 bits per heavy atom. The van der Waals surface area contributed by atoms with E-state index < -0.39 is 0 Å². The topological polar surface area (TPSA) is 25.8 Å². The largest absolute Gasteiger partial charge is 0.247 e. The minimum Gasteiger partial charge on any atom is -0.247 e. The number of halogens is 1. The van der Waals surface area contributed by atoms with E-state index in [1.54, 1.807) is 17.5 Å². The smallest absolute Gasteiger partial charge is 0.133 e. The van der Waals surface area contributed by atoms with Gasteiger partial charge in [0.05, 0.1) is 10.2 Å². The van der Waals surface area contributed by atoms with Crippen molar-refractivity contribution in [1.82, 2.24) is 9.97 Å². The van der Waals surface area contributed by atoms with Crippen molar-refractivity contribution in [2.45, 2.75) is 0 Å². The third-order valence-corrected chi connectivity index (χ3v) is 2.58. The van der Waals surface area contributed by atoms with Gasteiger partial charge in [-0.2, -0.15) is 0 Å². The van der Waals surface area contributed by atoms with Crippen LogP contribution in [0.2, 0.25) is 0 Å². The molecule has 4 heteroatoms. The van der Waals surface area contributed by atoms with Gasteiger partial charge in [-0.1, -0.05) is 0 Å². The molecule has 0 aliphatic rings. The lowest BCUT2D eigenvalue weighted by Gasteiger charge is -1.87. The highest BCUT2D eigenvalue weighted by Crippen LogP contribution is 2.22. The zero-order chi connectivity index (χ0) is 6.97. The quantitative estimate of drug-likeness (QED) is 0.631. The summed E-state index contributed by atoms with van der Waals surface area (Å²) in [6, 6.07) is 1.96. The fraction of sp³-hybridized carbons (Fsp3) is 0. The van der Waals surface area contributed by atoms with Gasteiger partial charge in [0.25, 0.3) is 0 Å². The van der Waals surface area contributed by atoms with Crippen molar-refractivity contribution in [1.29, 1.82) is 0 Å². The van der Waals surface area contributed by atoms with Crippen LogP contribution in [0.5, 0.6) is 0 Å². The third kappa shape index (κ3) is 0.839. The highest BCUT2D eigenvalue weighted by atomic mass is 79.9. The zero-order valence-corrected chi connectivity index (χ0v) is 7.32. The summed E-state index contributed by atoms with van der Waals surface area (Å²) < 4.78 is 1.99. The summed E-state index contributed by atoms with van der Waals surface area (Å²) >= 11 is 4.93. The second-order valence-electron chi connectivity index (χ2n) is 1.80. The van der Waals surface area contributed by atoms with Crippen LogP contribution in [0.15, 0.2) is 22.4 Å². The molecule has 0 atom stereocenters. The van der Waals surface area contributed by atoms with Crippen LogP contribution in [0.25, 0.3) is 10.2 Å². The number of fused-ring (bicyclic) bond motifs is 1. The maximum Gasteiger partial charge on any atom is 0.133 e. The number of rotatable bonds is 0. The molecule has 0 aromatic carbocycles. The van der Waals surface area contributed by atoms with E-state index >= 15 is 0 Å². The molecule has 0 aliphatic carbocycles. The summed E-state index contributed by atoms with van der Waals surface area (Å²) in [5.41, 5.74) is 2.77. The van der Waals surface area contributed by atoms with Crippen LogP contribution in [0.4, 0.5) is 0 Å². The molecule has 2 nitrogen and oxygen atoms in total. The molecular formula is C6H3BrN2S. The molecule has 0 fully saturated rings. The Bertz CT molecular complexity index is 357. The van der Waals surface area contributed by atoms with E-state index in [2.05, 4.69) is 25.9 Å². The molecular weight excluding hydrogens is 212 g/mol. The molecule has 2 aromatic rings. The third-order valence-electron chi connectivity index (χ3n) is 1.20. The normalized spacial score (nSPS) is 10.5. The van der Waals surface area contributed by atoms with E-state index in [0.29, 0.717) is 0 Å². The van der Waals surface area contributed by atoms with Gasteiger partial charge in [0, 0.05) is 6.20 Å². The van der Waals surface area contributed by atoms with E-state index in [-0.39, 0.29) is 0 Å². The zero-order valence-electron chi connectivity index (χ0n) is 4.91. The SMILES string of the molecule is Brc1nccc2scnc12. The first-order valence-corrected chi connectivity index (χ1v) is 4.39. The van der Waals surface area contributed by atoms with Gasteiger partial charge >= 0.3 is 0 Å². The second kappa shape index (κ2) is 2.29. The standard InChI is InChI=1S/C6H3BrN2S/c7-6-5-4(1-2-8-6)10-3-9-5/h1-3H. The highest BCUT2D eigenvalue weighted by molar-refractivity contribution is 9.10. The first kappa shape index (κ1) is 6.24.